The van der Waals surface area contributed by atoms with Crippen LogP contribution in [0.15, 0.2) is 53.4 Å². The first-order chi connectivity index (χ1) is 11.3. The van der Waals surface area contributed by atoms with Gasteiger partial charge in [0.25, 0.3) is 5.91 Å². The molecule has 24 heavy (non-hydrogen) atoms. The van der Waals surface area contributed by atoms with Crippen molar-refractivity contribution in [2.45, 2.75) is 11.8 Å². The van der Waals surface area contributed by atoms with Crippen LogP contribution in [-0.2, 0) is 10.0 Å². The van der Waals surface area contributed by atoms with E-state index in [2.05, 4.69) is 34.3 Å². The average molecular weight is 364 g/mol. The molecule has 5 nitrogen and oxygen atoms in total. The Bertz CT molecular complexity index is 786. The Labute approximate surface area is 146 Å². The number of nitrogens with one attached hydrogen (secondary N) is 2. The summed E-state index contributed by atoms with van der Waals surface area (Å²) in [6.45, 7) is 2.60. The Hall–Kier alpha value is -1.99. The highest BCUT2D eigenvalue weighted by Crippen LogP contribution is 2.17. The van der Waals surface area contributed by atoms with Crippen LogP contribution < -0.4 is 10.0 Å². The first-order valence-electron chi connectivity index (χ1n) is 7.39. The molecule has 0 aliphatic rings. The predicted octanol–water partition coefficient (Wildman–Crippen LogP) is 2.89. The number of aryl methyl sites for hydroxylation is 1. The molecule has 0 saturated carbocycles. The van der Waals surface area contributed by atoms with Gasteiger partial charge in [-0.3, -0.25) is 9.52 Å². The summed E-state index contributed by atoms with van der Waals surface area (Å²) >= 11 is 1.68. The second kappa shape index (κ2) is 8.21. The molecule has 2 rings (SSSR count). The monoisotopic (exact) mass is 364 g/mol. The van der Waals surface area contributed by atoms with E-state index < -0.39 is 10.0 Å². The molecule has 0 unspecified atom stereocenters. The standard InChI is InChI=1S/C17H20N2O3S2/c1-13-3-9-16(10-4-13)23-12-11-18-17(20)14-5-7-15(8-6-14)19-24(2,21)22/h3-10,19H,11-12H2,1-2H3,(H,18,20). The van der Waals surface area contributed by atoms with Crippen LogP contribution in [-0.4, -0.2) is 32.9 Å². The van der Waals surface area contributed by atoms with Crippen molar-refractivity contribution in [2.75, 3.05) is 23.3 Å². The quantitative estimate of drug-likeness (QED) is 0.585. The van der Waals surface area contributed by atoms with Gasteiger partial charge in [-0.1, -0.05) is 17.7 Å². The van der Waals surface area contributed by atoms with Crippen LogP contribution in [0.1, 0.15) is 15.9 Å². The van der Waals surface area contributed by atoms with Crippen LogP contribution in [0.5, 0.6) is 0 Å². The highest BCUT2D eigenvalue weighted by atomic mass is 32.2. The van der Waals surface area contributed by atoms with Crippen molar-refractivity contribution >= 4 is 33.4 Å². The first-order valence-corrected chi connectivity index (χ1v) is 10.3. The summed E-state index contributed by atoms with van der Waals surface area (Å²) in [6.07, 6.45) is 1.08. The van der Waals surface area contributed by atoms with E-state index >= 15 is 0 Å². The number of rotatable bonds is 7. The van der Waals surface area contributed by atoms with Crippen molar-refractivity contribution in [3.63, 3.8) is 0 Å². The van der Waals surface area contributed by atoms with Crippen LogP contribution in [0.2, 0.25) is 0 Å². The number of amides is 1. The van der Waals surface area contributed by atoms with Gasteiger partial charge in [0.1, 0.15) is 0 Å². The van der Waals surface area contributed by atoms with Crippen molar-refractivity contribution in [3.8, 4) is 0 Å². The third-order valence-corrected chi connectivity index (χ3v) is 4.75. The predicted molar refractivity (Wildman–Crippen MR) is 99.1 cm³/mol. The van der Waals surface area contributed by atoms with E-state index in [0.717, 1.165) is 12.0 Å². The van der Waals surface area contributed by atoms with Crippen LogP contribution in [0.4, 0.5) is 5.69 Å². The Morgan fingerprint density at radius 1 is 1.04 bits per heavy atom. The number of carbonyl (C=O) groups excluding carboxylic acids is 1. The number of hydrogen-bond acceptors (Lipinski definition) is 4. The van der Waals surface area contributed by atoms with Gasteiger partial charge < -0.3 is 5.32 Å². The number of carbonyl (C=O) groups is 1. The van der Waals surface area contributed by atoms with Crippen molar-refractivity contribution in [2.24, 2.45) is 0 Å². The van der Waals surface area contributed by atoms with Gasteiger partial charge in [-0.2, -0.15) is 0 Å². The van der Waals surface area contributed by atoms with Gasteiger partial charge in [-0.15, -0.1) is 11.8 Å². The van der Waals surface area contributed by atoms with E-state index in [9.17, 15) is 13.2 Å². The van der Waals surface area contributed by atoms with Gasteiger partial charge in [-0.05, 0) is 43.3 Å². The molecule has 0 atom stereocenters. The van der Waals surface area contributed by atoms with Gasteiger partial charge >= 0.3 is 0 Å². The van der Waals surface area contributed by atoms with Crippen LogP contribution in [0, 0.1) is 6.92 Å². The molecule has 128 valence electrons. The number of sulfonamides is 1. The lowest BCUT2D eigenvalue weighted by molar-refractivity contribution is 0.0956. The van der Waals surface area contributed by atoms with Gasteiger partial charge in [0, 0.05) is 28.4 Å². The molecular weight excluding hydrogens is 344 g/mol. The summed E-state index contributed by atoms with van der Waals surface area (Å²) in [5.41, 5.74) is 2.15. The molecule has 0 aromatic heterocycles. The molecule has 0 aliphatic heterocycles. The molecule has 0 heterocycles. The fourth-order valence-electron chi connectivity index (χ4n) is 1.97. The van der Waals surface area contributed by atoms with E-state index in [1.54, 1.807) is 36.0 Å². The number of anilines is 1. The maximum Gasteiger partial charge on any atom is 0.251 e. The van der Waals surface area contributed by atoms with Gasteiger partial charge in [0.15, 0.2) is 0 Å². The maximum absolute atomic E-state index is 12.0. The van der Waals surface area contributed by atoms with Gasteiger partial charge in [0.2, 0.25) is 10.0 Å². The molecule has 7 heteroatoms. The summed E-state index contributed by atoms with van der Waals surface area (Å²) in [7, 11) is -3.31. The molecule has 0 aliphatic carbocycles. The molecule has 2 aromatic carbocycles. The number of thioether (sulfide) groups is 1. The SMILES string of the molecule is Cc1ccc(SCCNC(=O)c2ccc(NS(C)(=O)=O)cc2)cc1. The minimum absolute atomic E-state index is 0.176. The molecule has 0 saturated heterocycles. The minimum atomic E-state index is -3.31. The molecular formula is C17H20N2O3S2. The van der Waals surface area contributed by atoms with Crippen molar-refractivity contribution in [3.05, 3.63) is 59.7 Å². The van der Waals surface area contributed by atoms with Crippen LogP contribution in [0.3, 0.4) is 0 Å². The second-order valence-corrected chi connectivity index (χ2v) is 8.29. The summed E-state index contributed by atoms with van der Waals surface area (Å²) in [6, 6.07) is 14.6. The Kier molecular flexibility index (Phi) is 6.28. The van der Waals surface area contributed by atoms with E-state index in [1.165, 1.54) is 10.5 Å². The zero-order chi connectivity index (χ0) is 17.6. The minimum Gasteiger partial charge on any atom is -0.351 e. The molecule has 0 bridgehead atoms. The molecule has 2 N–H and O–H groups in total. The topological polar surface area (TPSA) is 75.3 Å². The average Bonchev–Trinajstić information content (AvgIpc) is 2.52. The van der Waals surface area contributed by atoms with E-state index in [1.807, 2.05) is 6.92 Å². The summed E-state index contributed by atoms with van der Waals surface area (Å²) < 4.78 is 24.6. The lowest BCUT2D eigenvalue weighted by atomic mass is 10.2. The normalized spacial score (nSPS) is 11.1. The summed E-state index contributed by atoms with van der Waals surface area (Å²) in [5.74, 6) is 0.605. The largest absolute Gasteiger partial charge is 0.351 e. The van der Waals surface area contributed by atoms with E-state index in [0.29, 0.717) is 17.8 Å². The highest BCUT2D eigenvalue weighted by molar-refractivity contribution is 7.99. The zero-order valence-electron chi connectivity index (χ0n) is 13.6. The zero-order valence-corrected chi connectivity index (χ0v) is 15.2. The Morgan fingerprint density at radius 3 is 2.25 bits per heavy atom. The first kappa shape index (κ1) is 18.4. The number of hydrogen-bond donors (Lipinski definition) is 2. The van der Waals surface area contributed by atoms with Crippen LogP contribution >= 0.6 is 11.8 Å². The fourth-order valence-corrected chi connectivity index (χ4v) is 3.31. The van der Waals surface area contributed by atoms with E-state index in [-0.39, 0.29) is 5.91 Å². The maximum atomic E-state index is 12.0. The molecule has 1 amide bonds. The third-order valence-electron chi connectivity index (χ3n) is 3.13. The third kappa shape index (κ3) is 6.25. The highest BCUT2D eigenvalue weighted by Gasteiger charge is 2.06. The summed E-state index contributed by atoms with van der Waals surface area (Å²) in [4.78, 5) is 13.2. The molecule has 2 aromatic rings. The van der Waals surface area contributed by atoms with E-state index in [4.69, 9.17) is 0 Å². The summed E-state index contributed by atoms with van der Waals surface area (Å²) in [5, 5.41) is 2.85. The molecule has 0 spiro atoms. The number of benzene rings is 2. The lowest BCUT2D eigenvalue weighted by Crippen LogP contribution is -2.25. The molecule has 0 fully saturated rings. The van der Waals surface area contributed by atoms with Crippen LogP contribution in [0.25, 0.3) is 0 Å². The Morgan fingerprint density at radius 2 is 1.67 bits per heavy atom. The second-order valence-electron chi connectivity index (χ2n) is 5.37. The molecule has 0 radical (unpaired) electrons. The van der Waals surface area contributed by atoms with Gasteiger partial charge in [0.05, 0.1) is 6.26 Å². The smallest absolute Gasteiger partial charge is 0.251 e. The van der Waals surface area contributed by atoms with Gasteiger partial charge in [-0.25, -0.2) is 8.42 Å². The fraction of sp³-hybridized carbons (Fsp3) is 0.235. The van der Waals surface area contributed by atoms with Crippen molar-refractivity contribution < 1.29 is 13.2 Å². The van der Waals surface area contributed by atoms with Crippen molar-refractivity contribution in [1.29, 1.82) is 0 Å². The van der Waals surface area contributed by atoms with Crippen molar-refractivity contribution in [1.82, 2.24) is 5.32 Å². The lowest BCUT2D eigenvalue weighted by Gasteiger charge is -2.07. The Balaban J connectivity index is 1.79.